The highest BCUT2D eigenvalue weighted by Gasteiger charge is 2.08. The quantitative estimate of drug-likeness (QED) is 0.855. The molecule has 17 heavy (non-hydrogen) atoms. The van der Waals surface area contributed by atoms with Crippen LogP contribution in [0.15, 0.2) is 42.7 Å². The molecule has 2 aromatic rings. The molecule has 86 valence electrons. The standard InChI is InChI=1S/C14H14N2O/c1-10-7-12(9-15-8-10)16-14(17)13-6-4-3-5-11(13)2/h3-9H,1-2H3,(H,16,17). The van der Waals surface area contributed by atoms with E-state index in [0.717, 1.165) is 16.8 Å². The van der Waals surface area contributed by atoms with Crippen molar-refractivity contribution < 1.29 is 4.79 Å². The van der Waals surface area contributed by atoms with Crippen LogP contribution < -0.4 is 5.32 Å². The molecule has 0 spiro atoms. The van der Waals surface area contributed by atoms with E-state index in [-0.39, 0.29) is 5.91 Å². The second kappa shape index (κ2) is 4.78. The first-order valence-corrected chi connectivity index (χ1v) is 5.45. The number of aromatic nitrogens is 1. The van der Waals surface area contributed by atoms with Gasteiger partial charge in [-0.05, 0) is 37.1 Å². The van der Waals surface area contributed by atoms with Crippen LogP contribution >= 0.6 is 0 Å². The van der Waals surface area contributed by atoms with Gasteiger partial charge < -0.3 is 5.32 Å². The number of pyridine rings is 1. The average molecular weight is 226 g/mol. The van der Waals surface area contributed by atoms with Crippen molar-refractivity contribution in [3.63, 3.8) is 0 Å². The van der Waals surface area contributed by atoms with E-state index in [1.165, 1.54) is 0 Å². The normalized spacial score (nSPS) is 10.0. The molecule has 1 aromatic heterocycles. The Morgan fingerprint density at radius 3 is 2.65 bits per heavy atom. The minimum Gasteiger partial charge on any atom is -0.321 e. The number of carbonyl (C=O) groups is 1. The third kappa shape index (κ3) is 2.69. The predicted molar refractivity (Wildman–Crippen MR) is 68.1 cm³/mol. The van der Waals surface area contributed by atoms with Crippen LogP contribution in [0.2, 0.25) is 0 Å². The van der Waals surface area contributed by atoms with E-state index < -0.39 is 0 Å². The summed E-state index contributed by atoms with van der Waals surface area (Å²) in [6.07, 6.45) is 3.40. The molecule has 2 rings (SSSR count). The molecule has 3 heteroatoms. The Bertz CT molecular complexity index is 549. The van der Waals surface area contributed by atoms with Gasteiger partial charge in [-0.2, -0.15) is 0 Å². The van der Waals surface area contributed by atoms with Crippen molar-refractivity contribution in [3.05, 3.63) is 59.4 Å². The molecular weight excluding hydrogens is 212 g/mol. The smallest absolute Gasteiger partial charge is 0.255 e. The zero-order chi connectivity index (χ0) is 12.3. The Balaban J connectivity index is 2.20. The monoisotopic (exact) mass is 226 g/mol. The molecule has 0 fully saturated rings. The van der Waals surface area contributed by atoms with E-state index in [4.69, 9.17) is 0 Å². The van der Waals surface area contributed by atoms with Gasteiger partial charge in [-0.15, -0.1) is 0 Å². The highest BCUT2D eigenvalue weighted by Crippen LogP contribution is 2.12. The molecule has 0 aliphatic heterocycles. The first kappa shape index (κ1) is 11.3. The third-order valence-corrected chi connectivity index (χ3v) is 2.52. The van der Waals surface area contributed by atoms with Crippen LogP contribution in [0.5, 0.6) is 0 Å². The second-order valence-corrected chi connectivity index (χ2v) is 4.02. The lowest BCUT2D eigenvalue weighted by Crippen LogP contribution is -2.13. The van der Waals surface area contributed by atoms with Gasteiger partial charge in [0.15, 0.2) is 0 Å². The molecule has 0 saturated carbocycles. The SMILES string of the molecule is Cc1cncc(NC(=O)c2ccccc2C)c1. The second-order valence-electron chi connectivity index (χ2n) is 4.02. The number of anilines is 1. The van der Waals surface area contributed by atoms with Crippen LogP contribution in [0.1, 0.15) is 21.5 Å². The summed E-state index contributed by atoms with van der Waals surface area (Å²) in [6, 6.07) is 9.40. The number of carbonyl (C=O) groups excluding carboxylic acids is 1. The van der Waals surface area contributed by atoms with Crippen molar-refractivity contribution in [1.82, 2.24) is 4.98 Å². The summed E-state index contributed by atoms with van der Waals surface area (Å²) in [5.74, 6) is -0.101. The molecule has 0 bridgehead atoms. The first-order chi connectivity index (χ1) is 8.16. The highest BCUT2D eigenvalue weighted by molar-refractivity contribution is 6.05. The van der Waals surface area contributed by atoms with Gasteiger partial charge in [-0.25, -0.2) is 0 Å². The number of aryl methyl sites for hydroxylation is 2. The van der Waals surface area contributed by atoms with Crippen LogP contribution in [0.3, 0.4) is 0 Å². The predicted octanol–water partition coefficient (Wildman–Crippen LogP) is 2.95. The molecule has 0 aliphatic rings. The molecule has 0 radical (unpaired) electrons. The van der Waals surface area contributed by atoms with Crippen LogP contribution in [0, 0.1) is 13.8 Å². The first-order valence-electron chi connectivity index (χ1n) is 5.45. The van der Waals surface area contributed by atoms with Crippen molar-refractivity contribution in [2.45, 2.75) is 13.8 Å². The summed E-state index contributed by atoms with van der Waals surface area (Å²) >= 11 is 0. The lowest BCUT2D eigenvalue weighted by Gasteiger charge is -2.07. The molecule has 1 aromatic carbocycles. The lowest BCUT2D eigenvalue weighted by molar-refractivity contribution is 0.102. The van der Waals surface area contributed by atoms with E-state index in [1.807, 2.05) is 44.2 Å². The fourth-order valence-corrected chi connectivity index (χ4v) is 1.65. The summed E-state index contributed by atoms with van der Waals surface area (Å²) in [5, 5.41) is 2.84. The van der Waals surface area contributed by atoms with Crippen molar-refractivity contribution >= 4 is 11.6 Å². The fraction of sp³-hybridized carbons (Fsp3) is 0.143. The van der Waals surface area contributed by atoms with E-state index in [0.29, 0.717) is 5.56 Å². The summed E-state index contributed by atoms with van der Waals surface area (Å²) in [5.41, 5.74) is 3.39. The Morgan fingerprint density at radius 1 is 1.18 bits per heavy atom. The fourth-order valence-electron chi connectivity index (χ4n) is 1.65. The largest absolute Gasteiger partial charge is 0.321 e. The Kier molecular flexibility index (Phi) is 3.19. The number of nitrogens with one attached hydrogen (secondary N) is 1. The number of nitrogens with zero attached hydrogens (tertiary/aromatic N) is 1. The summed E-state index contributed by atoms with van der Waals surface area (Å²) in [4.78, 5) is 16.0. The lowest BCUT2D eigenvalue weighted by atomic mass is 10.1. The molecule has 3 nitrogen and oxygen atoms in total. The minimum atomic E-state index is -0.101. The maximum absolute atomic E-state index is 12.0. The molecule has 1 amide bonds. The van der Waals surface area contributed by atoms with E-state index in [1.54, 1.807) is 12.4 Å². The topological polar surface area (TPSA) is 42.0 Å². The van der Waals surface area contributed by atoms with Gasteiger partial charge in [0.25, 0.3) is 5.91 Å². The molecule has 0 saturated heterocycles. The van der Waals surface area contributed by atoms with Gasteiger partial charge in [0.2, 0.25) is 0 Å². The minimum absolute atomic E-state index is 0.101. The molecule has 1 heterocycles. The number of rotatable bonds is 2. The van der Waals surface area contributed by atoms with E-state index >= 15 is 0 Å². The molecule has 1 N–H and O–H groups in total. The zero-order valence-electron chi connectivity index (χ0n) is 9.90. The Hall–Kier alpha value is -2.16. The van der Waals surface area contributed by atoms with Crippen molar-refractivity contribution in [3.8, 4) is 0 Å². The number of benzene rings is 1. The Labute approximate surface area is 101 Å². The molecule has 0 atom stereocenters. The van der Waals surface area contributed by atoms with Crippen LogP contribution in [-0.2, 0) is 0 Å². The number of hydrogen-bond donors (Lipinski definition) is 1. The van der Waals surface area contributed by atoms with Gasteiger partial charge >= 0.3 is 0 Å². The number of hydrogen-bond acceptors (Lipinski definition) is 2. The molecule has 0 aliphatic carbocycles. The van der Waals surface area contributed by atoms with Crippen LogP contribution in [-0.4, -0.2) is 10.9 Å². The van der Waals surface area contributed by atoms with Gasteiger partial charge in [0, 0.05) is 11.8 Å². The molecule has 0 unspecified atom stereocenters. The zero-order valence-corrected chi connectivity index (χ0v) is 9.90. The third-order valence-electron chi connectivity index (χ3n) is 2.52. The summed E-state index contributed by atoms with van der Waals surface area (Å²) in [6.45, 7) is 3.86. The van der Waals surface area contributed by atoms with E-state index in [9.17, 15) is 4.79 Å². The van der Waals surface area contributed by atoms with Gasteiger partial charge in [0.1, 0.15) is 0 Å². The summed E-state index contributed by atoms with van der Waals surface area (Å²) < 4.78 is 0. The van der Waals surface area contributed by atoms with Crippen LogP contribution in [0.4, 0.5) is 5.69 Å². The van der Waals surface area contributed by atoms with Gasteiger partial charge in [-0.1, -0.05) is 18.2 Å². The number of amides is 1. The van der Waals surface area contributed by atoms with Crippen molar-refractivity contribution in [2.24, 2.45) is 0 Å². The molecular formula is C14H14N2O. The van der Waals surface area contributed by atoms with Crippen molar-refractivity contribution in [1.29, 1.82) is 0 Å². The average Bonchev–Trinajstić information content (AvgIpc) is 2.29. The maximum Gasteiger partial charge on any atom is 0.255 e. The summed E-state index contributed by atoms with van der Waals surface area (Å²) in [7, 11) is 0. The van der Waals surface area contributed by atoms with Crippen molar-refractivity contribution in [2.75, 3.05) is 5.32 Å². The van der Waals surface area contributed by atoms with Gasteiger partial charge in [0.05, 0.1) is 11.9 Å². The Morgan fingerprint density at radius 2 is 1.94 bits per heavy atom. The van der Waals surface area contributed by atoms with Gasteiger partial charge in [-0.3, -0.25) is 9.78 Å². The maximum atomic E-state index is 12.0. The van der Waals surface area contributed by atoms with Crippen LogP contribution in [0.25, 0.3) is 0 Å². The van der Waals surface area contributed by atoms with E-state index in [2.05, 4.69) is 10.3 Å². The highest BCUT2D eigenvalue weighted by atomic mass is 16.1.